The summed E-state index contributed by atoms with van der Waals surface area (Å²) in [6, 6.07) is 11.2. The fourth-order valence-corrected chi connectivity index (χ4v) is 4.14. The zero-order chi connectivity index (χ0) is 21.5. The Balaban J connectivity index is 1.38. The Morgan fingerprint density at radius 1 is 1.16 bits per heavy atom. The van der Waals surface area contributed by atoms with Crippen LogP contribution in [0.4, 0.5) is 11.4 Å². The van der Waals surface area contributed by atoms with Crippen molar-refractivity contribution < 1.29 is 14.4 Å². The normalized spacial score (nSPS) is 17.7. The fraction of sp³-hybridized carbons (Fsp3) is 0.227. The average molecular weight is 417 g/mol. The molecule has 9 heteroatoms. The number of amides is 3. The molecule has 0 aliphatic carbocycles. The number of carbonyl (C=O) groups is 3. The number of hydrogen-bond acceptors (Lipinski definition) is 5. The molecule has 1 saturated heterocycles. The number of nitrogens with zero attached hydrogens (tertiary/aromatic N) is 3. The molecule has 2 aliphatic heterocycles. The first kappa shape index (κ1) is 19.0. The van der Waals surface area contributed by atoms with E-state index < -0.39 is 11.9 Å². The maximum absolute atomic E-state index is 12.9. The van der Waals surface area contributed by atoms with Crippen LogP contribution in [-0.4, -0.2) is 44.8 Å². The van der Waals surface area contributed by atoms with E-state index in [9.17, 15) is 19.2 Å². The summed E-state index contributed by atoms with van der Waals surface area (Å²) < 4.78 is 1.24. The summed E-state index contributed by atoms with van der Waals surface area (Å²) >= 11 is 0. The second-order valence-electron chi connectivity index (χ2n) is 7.65. The first-order valence-corrected chi connectivity index (χ1v) is 10.0. The van der Waals surface area contributed by atoms with Crippen molar-refractivity contribution >= 4 is 40.0 Å². The maximum atomic E-state index is 12.9. The lowest BCUT2D eigenvalue weighted by Gasteiger charge is -2.20. The Morgan fingerprint density at radius 3 is 2.87 bits per heavy atom. The molecule has 1 aromatic heterocycles. The molecule has 1 unspecified atom stereocenters. The summed E-state index contributed by atoms with van der Waals surface area (Å²) in [7, 11) is 0. The minimum atomic E-state index is -0.454. The van der Waals surface area contributed by atoms with Crippen LogP contribution in [0.1, 0.15) is 23.2 Å². The summed E-state index contributed by atoms with van der Waals surface area (Å²) in [4.78, 5) is 56.2. The van der Waals surface area contributed by atoms with E-state index in [0.29, 0.717) is 40.8 Å². The van der Waals surface area contributed by atoms with E-state index >= 15 is 0 Å². The van der Waals surface area contributed by atoms with Crippen molar-refractivity contribution in [1.82, 2.24) is 14.5 Å². The van der Waals surface area contributed by atoms with Crippen LogP contribution >= 0.6 is 0 Å². The van der Waals surface area contributed by atoms with E-state index in [1.54, 1.807) is 47.4 Å². The Kier molecular flexibility index (Phi) is 4.50. The molecule has 2 aromatic carbocycles. The third kappa shape index (κ3) is 3.33. The highest BCUT2D eigenvalue weighted by atomic mass is 16.2. The highest BCUT2D eigenvalue weighted by Gasteiger charge is 2.38. The van der Waals surface area contributed by atoms with E-state index in [-0.39, 0.29) is 23.9 Å². The molecule has 5 rings (SSSR count). The zero-order valence-corrected chi connectivity index (χ0v) is 16.5. The van der Waals surface area contributed by atoms with E-state index in [1.165, 1.54) is 10.9 Å². The van der Waals surface area contributed by atoms with Crippen molar-refractivity contribution in [3.63, 3.8) is 0 Å². The summed E-state index contributed by atoms with van der Waals surface area (Å²) in [5.74, 6) is -0.852. The minimum absolute atomic E-state index is 0.190. The molecule has 0 radical (unpaired) electrons. The van der Waals surface area contributed by atoms with Gasteiger partial charge < -0.3 is 15.5 Å². The fourth-order valence-electron chi connectivity index (χ4n) is 4.14. The predicted octanol–water partition coefficient (Wildman–Crippen LogP) is 1.59. The van der Waals surface area contributed by atoms with E-state index in [1.807, 2.05) is 0 Å². The molecule has 3 aromatic rings. The molecular weight excluding hydrogens is 398 g/mol. The van der Waals surface area contributed by atoms with Crippen LogP contribution in [0.5, 0.6) is 0 Å². The van der Waals surface area contributed by atoms with Crippen molar-refractivity contribution in [2.75, 3.05) is 17.2 Å². The maximum Gasteiger partial charge on any atom is 0.261 e. The first-order chi connectivity index (χ1) is 15.0. The molecule has 1 fully saturated rings. The van der Waals surface area contributed by atoms with Gasteiger partial charge in [-0.1, -0.05) is 12.1 Å². The number of rotatable bonds is 3. The number of carbonyl (C=O) groups excluding carboxylic acids is 3. The monoisotopic (exact) mass is 417 g/mol. The van der Waals surface area contributed by atoms with Crippen LogP contribution in [0.15, 0.2) is 53.6 Å². The van der Waals surface area contributed by atoms with E-state index in [4.69, 9.17) is 0 Å². The smallest absolute Gasteiger partial charge is 0.261 e. The van der Waals surface area contributed by atoms with Crippen molar-refractivity contribution in [3.8, 4) is 0 Å². The lowest BCUT2D eigenvalue weighted by molar-refractivity contribution is -0.119. The summed E-state index contributed by atoms with van der Waals surface area (Å²) in [6.45, 7) is 0.317. The quantitative estimate of drug-likeness (QED) is 0.672. The van der Waals surface area contributed by atoms with Gasteiger partial charge in [0, 0.05) is 12.2 Å². The molecule has 0 bridgehead atoms. The minimum Gasteiger partial charge on any atom is -0.327 e. The summed E-state index contributed by atoms with van der Waals surface area (Å²) in [5, 5.41) is 5.95. The van der Waals surface area contributed by atoms with Gasteiger partial charge in [0.1, 0.15) is 12.6 Å². The highest BCUT2D eigenvalue weighted by Crippen LogP contribution is 2.30. The van der Waals surface area contributed by atoms with Crippen molar-refractivity contribution in [2.24, 2.45) is 0 Å². The number of anilines is 2. The van der Waals surface area contributed by atoms with Crippen molar-refractivity contribution in [3.05, 3.63) is 64.7 Å². The molecule has 1 atom stereocenters. The number of aromatic nitrogens is 2. The summed E-state index contributed by atoms with van der Waals surface area (Å²) in [5.41, 5.74) is 1.43. The van der Waals surface area contributed by atoms with Crippen LogP contribution in [0.2, 0.25) is 0 Å². The molecule has 0 spiro atoms. The van der Waals surface area contributed by atoms with Gasteiger partial charge in [-0.25, -0.2) is 4.98 Å². The number of benzene rings is 2. The van der Waals surface area contributed by atoms with E-state index in [0.717, 1.165) is 6.42 Å². The molecule has 0 saturated carbocycles. The molecule has 3 heterocycles. The Bertz CT molecular complexity index is 1300. The van der Waals surface area contributed by atoms with Crippen LogP contribution in [0.25, 0.3) is 10.9 Å². The van der Waals surface area contributed by atoms with Gasteiger partial charge in [0.05, 0.1) is 28.5 Å². The number of para-hydroxylation sites is 1. The van der Waals surface area contributed by atoms with Gasteiger partial charge in [-0.15, -0.1) is 0 Å². The Labute approximate surface area is 176 Å². The molecule has 2 N–H and O–H groups in total. The van der Waals surface area contributed by atoms with Crippen LogP contribution in [0, 0.1) is 0 Å². The topological polar surface area (TPSA) is 113 Å². The molecule has 2 aliphatic rings. The Hall–Kier alpha value is -4.01. The van der Waals surface area contributed by atoms with Crippen LogP contribution < -0.4 is 16.2 Å². The van der Waals surface area contributed by atoms with Gasteiger partial charge in [0.25, 0.3) is 11.5 Å². The van der Waals surface area contributed by atoms with Crippen LogP contribution in [-0.2, 0) is 16.1 Å². The number of hydrogen-bond donors (Lipinski definition) is 2. The highest BCUT2D eigenvalue weighted by molar-refractivity contribution is 6.11. The van der Waals surface area contributed by atoms with Crippen molar-refractivity contribution in [1.29, 1.82) is 0 Å². The third-order valence-corrected chi connectivity index (χ3v) is 5.65. The van der Waals surface area contributed by atoms with Gasteiger partial charge in [0.15, 0.2) is 0 Å². The third-order valence-electron chi connectivity index (χ3n) is 5.65. The lowest BCUT2D eigenvalue weighted by Crippen LogP contribution is -2.40. The van der Waals surface area contributed by atoms with Gasteiger partial charge in [0.2, 0.25) is 11.8 Å². The lowest BCUT2D eigenvalue weighted by atomic mass is 10.1. The van der Waals surface area contributed by atoms with Crippen molar-refractivity contribution in [2.45, 2.75) is 25.4 Å². The Morgan fingerprint density at radius 2 is 2.00 bits per heavy atom. The number of fused-ring (bicyclic) bond motifs is 3. The van der Waals surface area contributed by atoms with Gasteiger partial charge in [-0.05, 0) is 43.2 Å². The zero-order valence-electron chi connectivity index (χ0n) is 16.5. The predicted molar refractivity (Wildman–Crippen MR) is 114 cm³/mol. The summed E-state index contributed by atoms with van der Waals surface area (Å²) in [6.07, 6.45) is 2.77. The second kappa shape index (κ2) is 7.35. The molecule has 31 heavy (non-hydrogen) atoms. The SMILES string of the molecule is O=C(Cn1cnc2ccccc2c1=O)Nc1ccc2c(c1)C(=O)N1CCCC1C(=O)N2. The molecule has 3 amide bonds. The van der Waals surface area contributed by atoms with Crippen LogP contribution in [0.3, 0.4) is 0 Å². The largest absolute Gasteiger partial charge is 0.327 e. The van der Waals surface area contributed by atoms with Gasteiger partial charge in [-0.2, -0.15) is 0 Å². The standard InChI is InChI=1S/C22H19N5O4/c28-19(11-26-12-23-16-5-2-1-4-14(16)21(26)30)24-13-7-8-17-15(10-13)22(31)27-9-3-6-18(27)20(29)25-17/h1-2,4-5,7-8,10,12,18H,3,6,9,11H2,(H,24,28)(H,25,29). The van der Waals surface area contributed by atoms with E-state index in [2.05, 4.69) is 15.6 Å². The molecule has 156 valence electrons. The van der Waals surface area contributed by atoms with Gasteiger partial charge in [-0.3, -0.25) is 23.7 Å². The molecular formula is C22H19N5O4. The van der Waals surface area contributed by atoms with Gasteiger partial charge >= 0.3 is 0 Å². The number of nitrogens with one attached hydrogen (secondary N) is 2. The first-order valence-electron chi connectivity index (χ1n) is 10.0. The average Bonchev–Trinajstić information content (AvgIpc) is 3.23. The second-order valence-corrected chi connectivity index (χ2v) is 7.65. The molecule has 9 nitrogen and oxygen atoms in total.